The Hall–Kier alpha value is -1.02. The summed E-state index contributed by atoms with van der Waals surface area (Å²) in [6.07, 6.45) is 0. The minimum Gasteiger partial charge on any atom is -0.497 e. The molecule has 1 aromatic carbocycles. The van der Waals surface area contributed by atoms with Gasteiger partial charge in [-0.3, -0.25) is 0 Å². The summed E-state index contributed by atoms with van der Waals surface area (Å²) < 4.78 is 5.25. The zero-order valence-electron chi connectivity index (χ0n) is 11.2. The Morgan fingerprint density at radius 2 is 1.69 bits per heavy atom. The van der Waals surface area contributed by atoms with Crippen LogP contribution in [0.2, 0.25) is 0 Å². The molecule has 2 heteroatoms. The molecule has 0 fully saturated rings. The Labute approximate surface area is 99.0 Å². The number of hydrogen-bond donors (Lipinski definition) is 1. The van der Waals surface area contributed by atoms with Gasteiger partial charge in [0.2, 0.25) is 0 Å². The Balaban J connectivity index is 2.97. The van der Waals surface area contributed by atoms with Crippen LogP contribution >= 0.6 is 0 Å². The van der Waals surface area contributed by atoms with Gasteiger partial charge in [0.25, 0.3) is 0 Å². The first kappa shape index (κ1) is 13.0. The van der Waals surface area contributed by atoms with E-state index in [9.17, 15) is 0 Å². The molecule has 0 unspecified atom stereocenters. The third-order valence-corrected chi connectivity index (χ3v) is 2.48. The van der Waals surface area contributed by atoms with Gasteiger partial charge in [0, 0.05) is 11.1 Å². The maximum Gasteiger partial charge on any atom is 0.119 e. The SMILES string of the molecule is COc1cccc(C(C)(C)NC(C)(C)C)c1. The molecule has 2 nitrogen and oxygen atoms in total. The molecule has 90 valence electrons. The van der Waals surface area contributed by atoms with Crippen molar-refractivity contribution in [3.63, 3.8) is 0 Å². The van der Waals surface area contributed by atoms with Crippen LogP contribution in [0.25, 0.3) is 0 Å². The van der Waals surface area contributed by atoms with Gasteiger partial charge in [-0.25, -0.2) is 0 Å². The van der Waals surface area contributed by atoms with Crippen LogP contribution in [0, 0.1) is 0 Å². The fourth-order valence-electron chi connectivity index (χ4n) is 2.02. The summed E-state index contributed by atoms with van der Waals surface area (Å²) >= 11 is 0. The highest BCUT2D eigenvalue weighted by atomic mass is 16.5. The average molecular weight is 221 g/mol. The highest BCUT2D eigenvalue weighted by molar-refractivity contribution is 5.32. The molecule has 0 aromatic heterocycles. The Morgan fingerprint density at radius 3 is 2.19 bits per heavy atom. The van der Waals surface area contributed by atoms with Gasteiger partial charge >= 0.3 is 0 Å². The van der Waals surface area contributed by atoms with E-state index in [1.807, 2.05) is 12.1 Å². The van der Waals surface area contributed by atoms with Crippen molar-refractivity contribution in [2.24, 2.45) is 0 Å². The second-order valence-electron chi connectivity index (χ2n) is 5.73. The van der Waals surface area contributed by atoms with Gasteiger partial charge in [-0.15, -0.1) is 0 Å². The summed E-state index contributed by atoms with van der Waals surface area (Å²) in [5.74, 6) is 0.904. The van der Waals surface area contributed by atoms with Crippen molar-refractivity contribution in [2.75, 3.05) is 7.11 Å². The summed E-state index contributed by atoms with van der Waals surface area (Å²) in [5.41, 5.74) is 1.26. The maximum absolute atomic E-state index is 5.25. The molecule has 16 heavy (non-hydrogen) atoms. The first-order chi connectivity index (χ1) is 7.24. The fourth-order valence-corrected chi connectivity index (χ4v) is 2.02. The Kier molecular flexibility index (Phi) is 3.64. The van der Waals surface area contributed by atoms with Crippen LogP contribution in [-0.2, 0) is 5.54 Å². The van der Waals surface area contributed by atoms with E-state index < -0.39 is 0 Å². The summed E-state index contributed by atoms with van der Waals surface area (Å²) in [7, 11) is 1.70. The molecule has 0 spiro atoms. The van der Waals surface area contributed by atoms with E-state index >= 15 is 0 Å². The number of rotatable bonds is 3. The molecular weight excluding hydrogens is 198 g/mol. The number of ether oxygens (including phenoxy) is 1. The molecule has 0 aliphatic rings. The molecule has 0 aliphatic carbocycles. The van der Waals surface area contributed by atoms with Gasteiger partial charge < -0.3 is 10.1 Å². The maximum atomic E-state index is 5.25. The van der Waals surface area contributed by atoms with E-state index in [4.69, 9.17) is 4.74 Å². The normalized spacial score (nSPS) is 12.6. The highest BCUT2D eigenvalue weighted by Gasteiger charge is 2.25. The molecule has 0 radical (unpaired) electrons. The molecule has 0 bridgehead atoms. The molecule has 0 saturated carbocycles. The smallest absolute Gasteiger partial charge is 0.119 e. The predicted molar refractivity (Wildman–Crippen MR) is 68.9 cm³/mol. The molecule has 1 aromatic rings. The Morgan fingerprint density at radius 1 is 1.06 bits per heavy atom. The van der Waals surface area contributed by atoms with E-state index in [1.165, 1.54) is 5.56 Å². The van der Waals surface area contributed by atoms with E-state index in [0.29, 0.717) is 0 Å². The van der Waals surface area contributed by atoms with Gasteiger partial charge in [-0.2, -0.15) is 0 Å². The van der Waals surface area contributed by atoms with Crippen molar-refractivity contribution < 1.29 is 4.74 Å². The van der Waals surface area contributed by atoms with Crippen LogP contribution in [-0.4, -0.2) is 12.6 Å². The predicted octanol–water partition coefficient (Wildman–Crippen LogP) is 3.32. The minimum atomic E-state index is -0.0627. The highest BCUT2D eigenvalue weighted by Crippen LogP contribution is 2.26. The van der Waals surface area contributed by atoms with Crippen molar-refractivity contribution in [2.45, 2.75) is 45.7 Å². The first-order valence-corrected chi connectivity index (χ1v) is 5.68. The van der Waals surface area contributed by atoms with Gasteiger partial charge in [0.05, 0.1) is 7.11 Å². The third kappa shape index (κ3) is 3.53. The van der Waals surface area contributed by atoms with Crippen LogP contribution in [0.4, 0.5) is 0 Å². The van der Waals surface area contributed by atoms with Gasteiger partial charge in [-0.05, 0) is 52.3 Å². The molecule has 0 amide bonds. The number of hydrogen-bond acceptors (Lipinski definition) is 2. The summed E-state index contributed by atoms with van der Waals surface area (Å²) in [4.78, 5) is 0. The largest absolute Gasteiger partial charge is 0.497 e. The van der Waals surface area contributed by atoms with Gasteiger partial charge in [-0.1, -0.05) is 12.1 Å². The second kappa shape index (κ2) is 4.46. The first-order valence-electron chi connectivity index (χ1n) is 5.68. The van der Waals surface area contributed by atoms with Gasteiger partial charge in [0.1, 0.15) is 5.75 Å². The zero-order valence-corrected chi connectivity index (χ0v) is 11.2. The van der Waals surface area contributed by atoms with E-state index in [2.05, 4.69) is 52.1 Å². The standard InChI is InChI=1S/C14H23NO/c1-13(2,3)15-14(4,5)11-8-7-9-12(10-11)16-6/h7-10,15H,1-6H3. The number of methoxy groups -OCH3 is 1. The van der Waals surface area contributed by atoms with Crippen molar-refractivity contribution in [1.82, 2.24) is 5.32 Å². The monoisotopic (exact) mass is 221 g/mol. The lowest BCUT2D eigenvalue weighted by atomic mass is 9.91. The minimum absolute atomic E-state index is 0.0627. The lowest BCUT2D eigenvalue weighted by molar-refractivity contribution is 0.285. The van der Waals surface area contributed by atoms with Crippen LogP contribution < -0.4 is 10.1 Å². The molecule has 1 rings (SSSR count). The van der Waals surface area contributed by atoms with Crippen LogP contribution in [0.1, 0.15) is 40.2 Å². The summed E-state index contributed by atoms with van der Waals surface area (Å²) in [5, 5.41) is 3.61. The molecule has 0 aliphatic heterocycles. The number of nitrogens with one attached hydrogen (secondary N) is 1. The van der Waals surface area contributed by atoms with Gasteiger partial charge in [0.15, 0.2) is 0 Å². The molecular formula is C14H23NO. The lowest BCUT2D eigenvalue weighted by Crippen LogP contribution is -2.48. The summed E-state index contributed by atoms with van der Waals surface area (Å²) in [6, 6.07) is 8.21. The molecule has 0 heterocycles. The second-order valence-corrected chi connectivity index (χ2v) is 5.73. The van der Waals surface area contributed by atoms with Crippen molar-refractivity contribution >= 4 is 0 Å². The van der Waals surface area contributed by atoms with Crippen molar-refractivity contribution in [3.05, 3.63) is 29.8 Å². The topological polar surface area (TPSA) is 21.3 Å². The van der Waals surface area contributed by atoms with Crippen molar-refractivity contribution in [3.8, 4) is 5.75 Å². The lowest BCUT2D eigenvalue weighted by Gasteiger charge is -2.35. The Bertz CT molecular complexity index is 350. The van der Waals surface area contributed by atoms with E-state index in [1.54, 1.807) is 7.11 Å². The molecule has 1 N–H and O–H groups in total. The molecule has 0 atom stereocenters. The van der Waals surface area contributed by atoms with Crippen molar-refractivity contribution in [1.29, 1.82) is 0 Å². The van der Waals surface area contributed by atoms with Crippen LogP contribution in [0.5, 0.6) is 5.75 Å². The average Bonchev–Trinajstić information content (AvgIpc) is 2.14. The summed E-state index contributed by atoms with van der Waals surface area (Å²) in [6.45, 7) is 10.9. The van der Waals surface area contributed by atoms with E-state index in [-0.39, 0.29) is 11.1 Å². The zero-order chi connectivity index (χ0) is 12.4. The fraction of sp³-hybridized carbons (Fsp3) is 0.571. The molecule has 0 saturated heterocycles. The van der Waals surface area contributed by atoms with Crippen LogP contribution in [0.3, 0.4) is 0 Å². The third-order valence-electron chi connectivity index (χ3n) is 2.48. The number of benzene rings is 1. The van der Waals surface area contributed by atoms with Crippen LogP contribution in [0.15, 0.2) is 24.3 Å². The quantitative estimate of drug-likeness (QED) is 0.845. The van der Waals surface area contributed by atoms with E-state index in [0.717, 1.165) is 5.75 Å².